The lowest BCUT2D eigenvalue weighted by molar-refractivity contribution is 0.0696. The minimum atomic E-state index is -1.03. The van der Waals surface area contributed by atoms with E-state index >= 15 is 0 Å². The summed E-state index contributed by atoms with van der Waals surface area (Å²) in [5.41, 5.74) is 1.32. The zero-order valence-corrected chi connectivity index (χ0v) is 15.6. The van der Waals surface area contributed by atoms with Gasteiger partial charge in [-0.15, -0.1) is 11.3 Å². The number of fused-ring (bicyclic) bond motifs is 1. The van der Waals surface area contributed by atoms with E-state index in [1.54, 1.807) is 41.6 Å². The standard InChI is InChI=1S/C19H18N4O3S/c1-12-8-13(10-14(9-12)19(25)26)18(24)23-5-3-22(4-6-23)16-15-2-7-27-17(15)21-11-20-16/h2,7-11H,3-6H2,1H3,(H,25,26). The zero-order valence-electron chi connectivity index (χ0n) is 14.8. The minimum Gasteiger partial charge on any atom is -0.478 e. The fourth-order valence-corrected chi connectivity index (χ4v) is 4.09. The minimum absolute atomic E-state index is 0.135. The quantitative estimate of drug-likeness (QED) is 0.749. The van der Waals surface area contributed by atoms with E-state index in [9.17, 15) is 14.7 Å². The van der Waals surface area contributed by atoms with Gasteiger partial charge in [0.15, 0.2) is 0 Å². The SMILES string of the molecule is Cc1cc(C(=O)O)cc(C(=O)N2CCN(c3ncnc4sccc34)CC2)c1. The van der Waals surface area contributed by atoms with Crippen LogP contribution in [0.15, 0.2) is 36.0 Å². The molecule has 0 unspecified atom stereocenters. The number of carboxylic acid groups (broad SMARTS) is 1. The Balaban J connectivity index is 1.50. The molecule has 0 radical (unpaired) electrons. The Hall–Kier alpha value is -3.00. The third-order valence-corrected chi connectivity index (χ3v) is 5.50. The second-order valence-electron chi connectivity index (χ2n) is 6.51. The normalized spacial score (nSPS) is 14.6. The monoisotopic (exact) mass is 382 g/mol. The molecule has 2 aromatic heterocycles. The van der Waals surface area contributed by atoms with E-state index in [4.69, 9.17) is 0 Å². The second-order valence-corrected chi connectivity index (χ2v) is 7.40. The number of rotatable bonds is 3. The van der Waals surface area contributed by atoms with Gasteiger partial charge in [0.25, 0.3) is 5.91 Å². The molecule has 1 saturated heterocycles. The number of hydrogen-bond donors (Lipinski definition) is 1. The van der Waals surface area contributed by atoms with E-state index in [-0.39, 0.29) is 11.5 Å². The maximum absolute atomic E-state index is 12.8. The van der Waals surface area contributed by atoms with E-state index in [0.29, 0.717) is 31.7 Å². The Morgan fingerprint density at radius 2 is 1.81 bits per heavy atom. The molecule has 1 aromatic carbocycles. The van der Waals surface area contributed by atoms with Crippen LogP contribution in [0.5, 0.6) is 0 Å². The summed E-state index contributed by atoms with van der Waals surface area (Å²) in [5, 5.41) is 12.2. The first kappa shape index (κ1) is 17.4. The van der Waals surface area contributed by atoms with Crippen molar-refractivity contribution < 1.29 is 14.7 Å². The number of benzene rings is 1. The number of hydrogen-bond acceptors (Lipinski definition) is 6. The summed E-state index contributed by atoms with van der Waals surface area (Å²) in [6.45, 7) is 4.26. The highest BCUT2D eigenvalue weighted by Crippen LogP contribution is 2.27. The summed E-state index contributed by atoms with van der Waals surface area (Å²) in [6, 6.07) is 6.77. The summed E-state index contributed by atoms with van der Waals surface area (Å²) in [5.74, 6) is -0.262. The molecule has 1 fully saturated rings. The number of anilines is 1. The lowest BCUT2D eigenvalue weighted by Crippen LogP contribution is -2.49. The number of nitrogens with zero attached hydrogens (tertiary/aromatic N) is 4. The summed E-state index contributed by atoms with van der Waals surface area (Å²) >= 11 is 1.58. The Labute approximate surface area is 159 Å². The van der Waals surface area contributed by atoms with Crippen LogP contribution >= 0.6 is 11.3 Å². The number of thiophene rings is 1. The van der Waals surface area contributed by atoms with Crippen molar-refractivity contribution in [2.45, 2.75) is 6.92 Å². The molecule has 0 spiro atoms. The number of aromatic nitrogens is 2. The largest absolute Gasteiger partial charge is 0.478 e. The fourth-order valence-electron chi connectivity index (χ4n) is 3.36. The van der Waals surface area contributed by atoms with Crippen molar-refractivity contribution in [3.8, 4) is 0 Å². The van der Waals surface area contributed by atoms with E-state index in [0.717, 1.165) is 21.6 Å². The van der Waals surface area contributed by atoms with E-state index in [1.807, 2.05) is 11.4 Å². The van der Waals surface area contributed by atoms with Crippen molar-refractivity contribution in [1.29, 1.82) is 0 Å². The van der Waals surface area contributed by atoms with Crippen LogP contribution in [-0.4, -0.2) is 58.0 Å². The average Bonchev–Trinajstić information content (AvgIpc) is 3.16. The lowest BCUT2D eigenvalue weighted by Gasteiger charge is -2.35. The van der Waals surface area contributed by atoms with E-state index in [2.05, 4.69) is 14.9 Å². The van der Waals surface area contributed by atoms with Gasteiger partial charge in [-0.1, -0.05) is 0 Å². The molecule has 27 heavy (non-hydrogen) atoms. The summed E-state index contributed by atoms with van der Waals surface area (Å²) < 4.78 is 0. The fraction of sp³-hybridized carbons (Fsp3) is 0.263. The van der Waals surface area contributed by atoms with Gasteiger partial charge in [0.2, 0.25) is 0 Å². The number of piperazine rings is 1. The molecule has 0 bridgehead atoms. The van der Waals surface area contributed by atoms with Gasteiger partial charge < -0.3 is 14.9 Å². The molecule has 1 amide bonds. The number of carbonyl (C=O) groups excluding carboxylic acids is 1. The molecular formula is C19H18N4O3S. The topological polar surface area (TPSA) is 86.6 Å². The molecule has 0 aliphatic carbocycles. The van der Waals surface area contributed by atoms with Crippen LogP contribution in [0, 0.1) is 6.92 Å². The van der Waals surface area contributed by atoms with Gasteiger partial charge in [-0.3, -0.25) is 4.79 Å². The Morgan fingerprint density at radius 1 is 1.07 bits per heavy atom. The second kappa shape index (κ2) is 6.96. The molecule has 0 saturated carbocycles. The molecule has 1 aliphatic rings. The van der Waals surface area contributed by atoms with Gasteiger partial charge in [0, 0.05) is 31.7 Å². The third-order valence-electron chi connectivity index (χ3n) is 4.68. The Morgan fingerprint density at radius 3 is 2.56 bits per heavy atom. The van der Waals surface area contributed by atoms with Gasteiger partial charge in [-0.25, -0.2) is 14.8 Å². The lowest BCUT2D eigenvalue weighted by atomic mass is 10.1. The first-order valence-corrected chi connectivity index (χ1v) is 9.48. The van der Waals surface area contributed by atoms with Gasteiger partial charge in [0.1, 0.15) is 17.0 Å². The molecule has 0 atom stereocenters. The van der Waals surface area contributed by atoms with E-state index < -0.39 is 5.97 Å². The summed E-state index contributed by atoms with van der Waals surface area (Å²) in [6.07, 6.45) is 1.58. The van der Waals surface area contributed by atoms with Crippen LogP contribution in [0.2, 0.25) is 0 Å². The average molecular weight is 382 g/mol. The number of amides is 1. The summed E-state index contributed by atoms with van der Waals surface area (Å²) in [4.78, 5) is 37.7. The zero-order chi connectivity index (χ0) is 19.0. The molecule has 8 heteroatoms. The molecule has 1 aliphatic heterocycles. The number of aromatic carboxylic acids is 1. The molecule has 7 nitrogen and oxygen atoms in total. The first-order chi connectivity index (χ1) is 13.0. The predicted octanol–water partition coefficient (Wildman–Crippen LogP) is 2.66. The highest BCUT2D eigenvalue weighted by atomic mass is 32.1. The third kappa shape index (κ3) is 3.35. The highest BCUT2D eigenvalue weighted by molar-refractivity contribution is 7.16. The Kier molecular flexibility index (Phi) is 4.49. The predicted molar refractivity (Wildman–Crippen MR) is 104 cm³/mol. The van der Waals surface area contributed by atoms with Crippen molar-refractivity contribution in [1.82, 2.24) is 14.9 Å². The van der Waals surface area contributed by atoms with Gasteiger partial charge in [-0.05, 0) is 42.1 Å². The number of carbonyl (C=O) groups is 2. The van der Waals surface area contributed by atoms with Gasteiger partial charge in [0.05, 0.1) is 10.9 Å². The van der Waals surface area contributed by atoms with Crippen molar-refractivity contribution in [3.63, 3.8) is 0 Å². The summed E-state index contributed by atoms with van der Waals surface area (Å²) in [7, 11) is 0. The van der Waals surface area contributed by atoms with Crippen LogP contribution in [-0.2, 0) is 0 Å². The van der Waals surface area contributed by atoms with E-state index in [1.165, 1.54) is 6.07 Å². The van der Waals surface area contributed by atoms with Gasteiger partial charge >= 0.3 is 5.97 Å². The van der Waals surface area contributed by atoms with Crippen molar-refractivity contribution in [2.75, 3.05) is 31.1 Å². The number of aryl methyl sites for hydroxylation is 1. The van der Waals surface area contributed by atoms with Crippen LogP contribution in [0.25, 0.3) is 10.2 Å². The van der Waals surface area contributed by atoms with Crippen molar-refractivity contribution >= 4 is 39.2 Å². The smallest absolute Gasteiger partial charge is 0.335 e. The Bertz CT molecular complexity index is 1020. The maximum Gasteiger partial charge on any atom is 0.335 e. The maximum atomic E-state index is 12.8. The van der Waals surface area contributed by atoms with Crippen LogP contribution in [0.1, 0.15) is 26.3 Å². The van der Waals surface area contributed by atoms with Crippen molar-refractivity contribution in [2.24, 2.45) is 0 Å². The van der Waals surface area contributed by atoms with Crippen LogP contribution < -0.4 is 4.90 Å². The highest BCUT2D eigenvalue weighted by Gasteiger charge is 2.24. The van der Waals surface area contributed by atoms with Crippen LogP contribution in [0.4, 0.5) is 5.82 Å². The first-order valence-electron chi connectivity index (χ1n) is 8.60. The van der Waals surface area contributed by atoms with Gasteiger partial charge in [-0.2, -0.15) is 0 Å². The van der Waals surface area contributed by atoms with Crippen LogP contribution in [0.3, 0.4) is 0 Å². The molecular weight excluding hydrogens is 364 g/mol. The number of carboxylic acids is 1. The van der Waals surface area contributed by atoms with Crippen molar-refractivity contribution in [3.05, 3.63) is 52.7 Å². The molecule has 3 aromatic rings. The molecule has 1 N–H and O–H groups in total. The molecule has 3 heterocycles. The molecule has 138 valence electrons. The molecule has 4 rings (SSSR count).